The Morgan fingerprint density at radius 2 is 2.07 bits per heavy atom. The van der Waals surface area contributed by atoms with Crippen LogP contribution in [0.2, 0.25) is 5.02 Å². The highest BCUT2D eigenvalue weighted by molar-refractivity contribution is 6.31. The minimum atomic E-state index is -0.0972. The minimum absolute atomic E-state index is 0.0797. The van der Waals surface area contributed by atoms with Crippen molar-refractivity contribution in [3.8, 4) is 0 Å². The fourth-order valence-electron chi connectivity index (χ4n) is 3.45. The van der Waals surface area contributed by atoms with E-state index in [1.165, 1.54) is 6.20 Å². The van der Waals surface area contributed by atoms with Crippen LogP contribution in [0.4, 0.5) is 0 Å². The first kappa shape index (κ1) is 18.6. The standard InChI is InChI=1S/C21H21ClN4O2/c1-14-10-24-19(12-23-14)21(27)26-8-4-6-16(13-26)20-25-11-17(28-20)9-15-5-2-3-7-18(15)22/h2-3,5,7,10-12,16H,4,6,8-9,13H2,1H3/t16-/m0/s1. The van der Waals surface area contributed by atoms with Crippen LogP contribution in [0.15, 0.2) is 47.3 Å². The fraction of sp³-hybridized carbons (Fsp3) is 0.333. The molecule has 0 radical (unpaired) electrons. The van der Waals surface area contributed by atoms with E-state index in [0.717, 1.165) is 29.9 Å². The first-order valence-corrected chi connectivity index (χ1v) is 9.74. The molecule has 0 aliphatic carbocycles. The van der Waals surface area contributed by atoms with Gasteiger partial charge < -0.3 is 9.32 Å². The Balaban J connectivity index is 1.45. The van der Waals surface area contributed by atoms with Gasteiger partial charge in [-0.3, -0.25) is 9.78 Å². The molecule has 6 nitrogen and oxygen atoms in total. The predicted octanol–water partition coefficient (Wildman–Crippen LogP) is 4.04. The molecule has 1 aromatic carbocycles. The molecular formula is C21H21ClN4O2. The number of carbonyl (C=O) groups is 1. The van der Waals surface area contributed by atoms with Crippen molar-refractivity contribution in [3.05, 3.63) is 76.5 Å². The second-order valence-electron chi connectivity index (χ2n) is 7.07. The molecule has 0 spiro atoms. The van der Waals surface area contributed by atoms with E-state index < -0.39 is 0 Å². The molecule has 1 fully saturated rings. The molecule has 2 aromatic heterocycles. The lowest BCUT2D eigenvalue weighted by Crippen LogP contribution is -2.39. The van der Waals surface area contributed by atoms with Gasteiger partial charge in [-0.1, -0.05) is 29.8 Å². The zero-order chi connectivity index (χ0) is 19.5. The Morgan fingerprint density at radius 3 is 2.86 bits per heavy atom. The summed E-state index contributed by atoms with van der Waals surface area (Å²) in [7, 11) is 0. The van der Waals surface area contributed by atoms with E-state index >= 15 is 0 Å². The van der Waals surface area contributed by atoms with E-state index in [1.807, 2.05) is 36.1 Å². The maximum Gasteiger partial charge on any atom is 0.274 e. The zero-order valence-corrected chi connectivity index (χ0v) is 16.4. The van der Waals surface area contributed by atoms with Gasteiger partial charge in [0.25, 0.3) is 5.91 Å². The molecule has 3 aromatic rings. The highest BCUT2D eigenvalue weighted by atomic mass is 35.5. The summed E-state index contributed by atoms with van der Waals surface area (Å²) >= 11 is 6.23. The van der Waals surface area contributed by atoms with Crippen LogP contribution >= 0.6 is 11.6 Å². The summed E-state index contributed by atoms with van der Waals surface area (Å²) in [6.07, 6.45) is 7.34. The van der Waals surface area contributed by atoms with Crippen molar-refractivity contribution >= 4 is 17.5 Å². The summed E-state index contributed by atoms with van der Waals surface area (Å²) in [6.45, 7) is 3.12. The number of aryl methyl sites for hydroxylation is 1. The molecule has 144 valence electrons. The van der Waals surface area contributed by atoms with Crippen LogP contribution < -0.4 is 0 Å². The van der Waals surface area contributed by atoms with Crippen molar-refractivity contribution in [2.45, 2.75) is 32.1 Å². The smallest absolute Gasteiger partial charge is 0.274 e. The van der Waals surface area contributed by atoms with Gasteiger partial charge in [-0.25, -0.2) is 9.97 Å². The van der Waals surface area contributed by atoms with Gasteiger partial charge in [0, 0.05) is 30.7 Å². The fourth-order valence-corrected chi connectivity index (χ4v) is 3.65. The number of halogens is 1. The molecule has 1 amide bonds. The van der Waals surface area contributed by atoms with Gasteiger partial charge in [0.1, 0.15) is 11.5 Å². The van der Waals surface area contributed by atoms with Crippen LogP contribution in [0.1, 0.15) is 52.2 Å². The lowest BCUT2D eigenvalue weighted by Gasteiger charge is -2.31. The van der Waals surface area contributed by atoms with Gasteiger partial charge in [0.05, 0.1) is 24.0 Å². The average Bonchev–Trinajstić information content (AvgIpc) is 3.19. The van der Waals surface area contributed by atoms with E-state index in [2.05, 4.69) is 15.0 Å². The van der Waals surface area contributed by atoms with Crippen molar-refractivity contribution in [1.82, 2.24) is 19.9 Å². The summed E-state index contributed by atoms with van der Waals surface area (Å²) < 4.78 is 6.00. The third-order valence-electron chi connectivity index (χ3n) is 4.95. The monoisotopic (exact) mass is 396 g/mol. The van der Waals surface area contributed by atoms with E-state index in [4.69, 9.17) is 16.0 Å². The number of likely N-dealkylation sites (tertiary alicyclic amines) is 1. The highest BCUT2D eigenvalue weighted by Gasteiger charge is 2.29. The third-order valence-corrected chi connectivity index (χ3v) is 5.32. The number of oxazole rings is 1. The summed E-state index contributed by atoms with van der Waals surface area (Å²) in [5.41, 5.74) is 2.17. The maximum absolute atomic E-state index is 12.7. The largest absolute Gasteiger partial charge is 0.445 e. The molecule has 0 bridgehead atoms. The van der Waals surface area contributed by atoms with E-state index in [-0.39, 0.29) is 11.8 Å². The number of benzene rings is 1. The summed E-state index contributed by atoms with van der Waals surface area (Å²) in [6, 6.07) is 7.71. The quantitative estimate of drug-likeness (QED) is 0.665. The SMILES string of the molecule is Cc1cnc(C(=O)N2CCC[C@H](c3ncc(Cc4ccccc4Cl)o3)C2)cn1. The van der Waals surface area contributed by atoms with Gasteiger partial charge >= 0.3 is 0 Å². The number of amides is 1. The first-order chi connectivity index (χ1) is 13.6. The molecule has 7 heteroatoms. The van der Waals surface area contributed by atoms with Gasteiger partial charge in [0.15, 0.2) is 5.89 Å². The van der Waals surface area contributed by atoms with Gasteiger partial charge in [-0.05, 0) is 31.4 Å². The van der Waals surface area contributed by atoms with Crippen LogP contribution in [-0.4, -0.2) is 38.8 Å². The van der Waals surface area contributed by atoms with Crippen molar-refractivity contribution in [1.29, 1.82) is 0 Å². The second-order valence-corrected chi connectivity index (χ2v) is 7.47. The number of rotatable bonds is 4. The highest BCUT2D eigenvalue weighted by Crippen LogP contribution is 2.28. The molecule has 0 saturated carbocycles. The average molecular weight is 397 g/mol. The molecule has 1 aliphatic rings. The summed E-state index contributed by atoms with van der Waals surface area (Å²) in [5.74, 6) is 1.43. The molecule has 3 heterocycles. The molecule has 4 rings (SSSR count). The molecular weight excluding hydrogens is 376 g/mol. The molecule has 0 N–H and O–H groups in total. The number of hydrogen-bond acceptors (Lipinski definition) is 5. The van der Waals surface area contributed by atoms with Crippen LogP contribution in [0.3, 0.4) is 0 Å². The lowest BCUT2D eigenvalue weighted by atomic mass is 9.98. The molecule has 0 unspecified atom stereocenters. The second kappa shape index (κ2) is 8.10. The van der Waals surface area contributed by atoms with Crippen LogP contribution in [0.25, 0.3) is 0 Å². The summed E-state index contributed by atoms with van der Waals surface area (Å²) in [5, 5.41) is 0.717. The Bertz CT molecular complexity index is 971. The number of nitrogens with zero attached hydrogens (tertiary/aromatic N) is 4. The van der Waals surface area contributed by atoms with Gasteiger partial charge in [-0.15, -0.1) is 0 Å². The predicted molar refractivity (Wildman–Crippen MR) is 105 cm³/mol. The number of aromatic nitrogens is 3. The Morgan fingerprint density at radius 1 is 1.21 bits per heavy atom. The van der Waals surface area contributed by atoms with E-state index in [0.29, 0.717) is 36.1 Å². The van der Waals surface area contributed by atoms with Crippen LogP contribution in [0, 0.1) is 6.92 Å². The van der Waals surface area contributed by atoms with Crippen molar-refractivity contribution < 1.29 is 9.21 Å². The normalized spacial score (nSPS) is 16.9. The molecule has 1 aliphatic heterocycles. The number of piperidine rings is 1. The number of carbonyl (C=O) groups excluding carboxylic acids is 1. The van der Waals surface area contributed by atoms with Crippen LogP contribution in [0.5, 0.6) is 0 Å². The van der Waals surface area contributed by atoms with E-state index in [9.17, 15) is 4.79 Å². The van der Waals surface area contributed by atoms with Crippen molar-refractivity contribution in [2.24, 2.45) is 0 Å². The topological polar surface area (TPSA) is 72.1 Å². The van der Waals surface area contributed by atoms with Gasteiger partial charge in [0.2, 0.25) is 0 Å². The van der Waals surface area contributed by atoms with E-state index in [1.54, 1.807) is 12.4 Å². The van der Waals surface area contributed by atoms with Crippen molar-refractivity contribution in [3.63, 3.8) is 0 Å². The maximum atomic E-state index is 12.7. The molecule has 1 atom stereocenters. The van der Waals surface area contributed by atoms with Crippen LogP contribution in [-0.2, 0) is 6.42 Å². The first-order valence-electron chi connectivity index (χ1n) is 9.36. The Labute approximate surface area is 168 Å². The zero-order valence-electron chi connectivity index (χ0n) is 15.6. The van der Waals surface area contributed by atoms with Gasteiger partial charge in [-0.2, -0.15) is 0 Å². The lowest BCUT2D eigenvalue weighted by molar-refractivity contribution is 0.0691. The molecule has 28 heavy (non-hydrogen) atoms. The van der Waals surface area contributed by atoms with Crippen molar-refractivity contribution in [2.75, 3.05) is 13.1 Å². The minimum Gasteiger partial charge on any atom is -0.445 e. The Kier molecular flexibility index (Phi) is 5.39. The number of hydrogen-bond donors (Lipinski definition) is 0. The third kappa shape index (κ3) is 4.07. The molecule has 1 saturated heterocycles. The summed E-state index contributed by atoms with van der Waals surface area (Å²) in [4.78, 5) is 27.4. The Hall–Kier alpha value is -2.73.